The lowest BCUT2D eigenvalue weighted by atomic mass is 9.94. The minimum Gasteiger partial charge on any atom is -0.451 e. The summed E-state index contributed by atoms with van der Waals surface area (Å²) in [5, 5.41) is -1.45. The van der Waals surface area contributed by atoms with Crippen LogP contribution >= 0.6 is 0 Å². The molecule has 0 spiro atoms. The fourth-order valence-corrected chi connectivity index (χ4v) is 7.25. The third-order valence-corrected chi connectivity index (χ3v) is 9.66. The van der Waals surface area contributed by atoms with Crippen molar-refractivity contribution in [2.45, 2.75) is 29.2 Å². The number of rotatable bonds is 7. The van der Waals surface area contributed by atoms with E-state index in [9.17, 15) is 22.8 Å². The lowest BCUT2D eigenvalue weighted by molar-refractivity contribution is -0.161. The second-order valence-electron chi connectivity index (χ2n) is 9.43. The van der Waals surface area contributed by atoms with Gasteiger partial charge in [0.25, 0.3) is 5.91 Å². The number of amides is 2. The number of sulfone groups is 1. The van der Waals surface area contributed by atoms with E-state index >= 15 is 0 Å². The van der Waals surface area contributed by atoms with Gasteiger partial charge in [-0.1, -0.05) is 66.7 Å². The van der Waals surface area contributed by atoms with Crippen LogP contribution in [0.15, 0.2) is 90.6 Å². The molecule has 2 aliphatic rings. The van der Waals surface area contributed by atoms with E-state index in [4.69, 9.17) is 15.2 Å². The number of hydrogen-bond donors (Lipinski definition) is 1. The van der Waals surface area contributed by atoms with E-state index in [0.29, 0.717) is 16.8 Å². The topological polar surface area (TPSA) is 146 Å². The summed E-state index contributed by atoms with van der Waals surface area (Å²) in [6.45, 7) is 0.504. The zero-order valence-corrected chi connectivity index (χ0v) is 21.7. The van der Waals surface area contributed by atoms with Crippen LogP contribution in [-0.2, 0) is 28.9 Å². The van der Waals surface area contributed by atoms with Crippen LogP contribution in [0.4, 0.5) is 4.79 Å². The van der Waals surface area contributed by atoms with Crippen molar-refractivity contribution in [1.82, 2.24) is 9.88 Å². The van der Waals surface area contributed by atoms with Crippen LogP contribution in [0.3, 0.4) is 0 Å². The summed E-state index contributed by atoms with van der Waals surface area (Å²) >= 11 is 0. The first kappa shape index (κ1) is 26.1. The first-order chi connectivity index (χ1) is 18.6. The molecule has 0 aliphatic carbocycles. The van der Waals surface area contributed by atoms with Crippen molar-refractivity contribution in [3.05, 3.63) is 107 Å². The van der Waals surface area contributed by atoms with Crippen LogP contribution in [0.2, 0.25) is 0 Å². The largest absolute Gasteiger partial charge is 0.451 e. The Morgan fingerprint density at radius 3 is 2.15 bits per heavy atom. The van der Waals surface area contributed by atoms with Crippen molar-refractivity contribution in [3.63, 3.8) is 0 Å². The van der Waals surface area contributed by atoms with Gasteiger partial charge in [0, 0.05) is 6.20 Å². The number of benzene rings is 2. The molecule has 11 heteroatoms. The van der Waals surface area contributed by atoms with Crippen molar-refractivity contribution in [2.24, 2.45) is 5.73 Å². The minimum atomic E-state index is -4.31. The number of ether oxygens (including phenoxy) is 2. The number of β-lactam (4-membered cyclic amide) rings is 1. The molecule has 2 aromatic carbocycles. The van der Waals surface area contributed by atoms with Crippen LogP contribution in [0.25, 0.3) is 6.08 Å². The maximum absolute atomic E-state index is 13.9. The molecule has 5 rings (SSSR count). The second-order valence-corrected chi connectivity index (χ2v) is 11.9. The predicted molar refractivity (Wildman–Crippen MR) is 140 cm³/mol. The van der Waals surface area contributed by atoms with Crippen molar-refractivity contribution in [3.8, 4) is 0 Å². The lowest BCUT2D eigenvalue weighted by Crippen LogP contribution is -2.60. The monoisotopic (exact) mass is 547 g/mol. The summed E-state index contributed by atoms with van der Waals surface area (Å²) < 4.78 is 36.6. The summed E-state index contributed by atoms with van der Waals surface area (Å²) in [5.74, 6) is -1.62. The highest BCUT2D eigenvalue weighted by Gasteiger charge is 2.73. The highest BCUT2D eigenvalue weighted by Crippen LogP contribution is 2.50. The van der Waals surface area contributed by atoms with Gasteiger partial charge in [0.15, 0.2) is 27.4 Å². The Morgan fingerprint density at radius 1 is 1.03 bits per heavy atom. The molecule has 2 saturated heterocycles. The Bertz CT molecular complexity index is 1510. The van der Waals surface area contributed by atoms with Crippen molar-refractivity contribution in [1.29, 1.82) is 0 Å². The summed E-state index contributed by atoms with van der Waals surface area (Å²) in [4.78, 5) is 43.8. The van der Waals surface area contributed by atoms with Gasteiger partial charge >= 0.3 is 12.1 Å². The summed E-state index contributed by atoms with van der Waals surface area (Å²) in [5.41, 5.74) is 6.77. The number of primary amides is 1. The molecule has 0 unspecified atom stereocenters. The van der Waals surface area contributed by atoms with E-state index in [1.54, 1.807) is 66.7 Å². The molecule has 39 heavy (non-hydrogen) atoms. The normalized spacial score (nSPS) is 24.2. The van der Waals surface area contributed by atoms with Gasteiger partial charge in [-0.3, -0.25) is 9.78 Å². The number of carbonyl (C=O) groups excluding carboxylic acids is 3. The van der Waals surface area contributed by atoms with Gasteiger partial charge in [0.05, 0.1) is 11.3 Å². The van der Waals surface area contributed by atoms with Crippen LogP contribution < -0.4 is 5.73 Å². The fourth-order valence-electron chi connectivity index (χ4n) is 4.98. The molecule has 0 radical (unpaired) electrons. The van der Waals surface area contributed by atoms with Crippen LogP contribution in [-0.4, -0.2) is 59.0 Å². The van der Waals surface area contributed by atoms with E-state index in [0.717, 1.165) is 4.90 Å². The number of aromatic nitrogens is 1. The average molecular weight is 548 g/mol. The van der Waals surface area contributed by atoms with Crippen LogP contribution in [0, 0.1) is 0 Å². The molecule has 2 fully saturated rings. The maximum Gasteiger partial charge on any atom is 0.404 e. The molecule has 10 nitrogen and oxygen atoms in total. The zero-order valence-electron chi connectivity index (χ0n) is 20.8. The van der Waals surface area contributed by atoms with Gasteiger partial charge in [-0.15, -0.1) is 0 Å². The Morgan fingerprint density at radius 2 is 1.62 bits per heavy atom. The third-order valence-electron chi connectivity index (χ3n) is 6.95. The number of hydrogen-bond acceptors (Lipinski definition) is 8. The van der Waals surface area contributed by atoms with Crippen molar-refractivity contribution < 1.29 is 32.3 Å². The quantitative estimate of drug-likeness (QED) is 0.270. The Hall–Kier alpha value is -4.51. The van der Waals surface area contributed by atoms with Crippen LogP contribution in [0.1, 0.15) is 29.8 Å². The summed E-state index contributed by atoms with van der Waals surface area (Å²) in [6.07, 6.45) is 0.785. The molecule has 3 atom stereocenters. The SMILES string of the molecule is C[C@]1(COC(N)=O)[C@H](C(=O)OC(c2ccccc2)c2ccccc2)N2C(=O)/C(=C/c3ccccn3)[C@H]2S1(=O)=O. The Labute approximate surface area is 225 Å². The number of fused-ring (bicyclic) bond motifs is 1. The molecule has 2 amide bonds. The minimum absolute atomic E-state index is 0.0445. The molecule has 0 saturated carbocycles. The molecule has 1 aromatic heterocycles. The average Bonchev–Trinajstić information content (AvgIpc) is 3.11. The van der Waals surface area contributed by atoms with Crippen LogP contribution in [0.5, 0.6) is 0 Å². The molecule has 2 N–H and O–H groups in total. The number of nitrogens with two attached hydrogens (primary N) is 1. The van der Waals surface area contributed by atoms with Gasteiger partial charge in [-0.25, -0.2) is 18.0 Å². The van der Waals surface area contributed by atoms with Gasteiger partial charge in [-0.2, -0.15) is 0 Å². The predicted octanol–water partition coefficient (Wildman–Crippen LogP) is 2.62. The summed E-state index contributed by atoms with van der Waals surface area (Å²) in [6, 6.07) is 21.3. The van der Waals surface area contributed by atoms with Crippen molar-refractivity contribution in [2.75, 3.05) is 6.61 Å². The second kappa shape index (κ2) is 9.99. The van der Waals surface area contributed by atoms with Gasteiger partial charge in [0.1, 0.15) is 11.4 Å². The van der Waals surface area contributed by atoms with E-state index < -0.39 is 56.7 Å². The van der Waals surface area contributed by atoms with Gasteiger partial charge < -0.3 is 20.1 Å². The maximum atomic E-state index is 13.9. The lowest BCUT2D eigenvalue weighted by Gasteiger charge is -2.39. The van der Waals surface area contributed by atoms with Crippen molar-refractivity contribution >= 4 is 33.9 Å². The summed E-state index contributed by atoms with van der Waals surface area (Å²) in [7, 11) is -4.31. The fraction of sp³-hybridized carbons (Fsp3) is 0.214. The van der Waals surface area contributed by atoms with E-state index in [-0.39, 0.29) is 5.57 Å². The van der Waals surface area contributed by atoms with E-state index in [1.807, 2.05) is 12.1 Å². The molecule has 200 valence electrons. The van der Waals surface area contributed by atoms with Gasteiger partial charge in [0.2, 0.25) is 0 Å². The first-order valence-corrected chi connectivity index (χ1v) is 13.6. The highest BCUT2D eigenvalue weighted by molar-refractivity contribution is 7.94. The Kier molecular flexibility index (Phi) is 6.69. The van der Waals surface area contributed by atoms with E-state index in [1.165, 1.54) is 19.2 Å². The van der Waals surface area contributed by atoms with Gasteiger partial charge in [-0.05, 0) is 36.3 Å². The molecule has 0 bridgehead atoms. The smallest absolute Gasteiger partial charge is 0.404 e. The standard InChI is InChI=1S/C28H25N3O7S/c1-28(17-37-27(29)34)23(26(33)38-22(18-10-4-2-5-11-18)19-12-6-3-7-13-19)31-24(32)21(25(31)39(28,35)36)16-20-14-8-9-15-30-20/h2-16,22-23,25H,17H2,1H3,(H2,29,34)/b21-16-/t23-,25+,28-/m0/s1. The number of nitrogens with zero attached hydrogens (tertiary/aromatic N) is 2. The molecular formula is C28H25N3O7S. The zero-order chi connectivity index (χ0) is 27.8. The first-order valence-electron chi connectivity index (χ1n) is 12.1. The molecule has 3 aromatic rings. The number of carbonyl (C=O) groups is 3. The van der Waals surface area contributed by atoms with E-state index in [2.05, 4.69) is 4.98 Å². The third kappa shape index (κ3) is 4.44. The molecular weight excluding hydrogens is 522 g/mol. The molecule has 2 aliphatic heterocycles. The number of pyridine rings is 1. The highest BCUT2D eigenvalue weighted by atomic mass is 32.2. The Balaban J connectivity index is 1.56. The molecule has 3 heterocycles. The number of esters is 1.